The molecule has 17 heavy (non-hydrogen) atoms. The number of hydrogen-bond donors (Lipinski definition) is 3. The molecule has 0 unspecified atom stereocenters. The van der Waals surface area contributed by atoms with Crippen LogP contribution in [0.5, 0.6) is 5.75 Å². The third kappa shape index (κ3) is 2.54. The van der Waals surface area contributed by atoms with Crippen molar-refractivity contribution in [2.45, 2.75) is 6.54 Å². The Balaban J connectivity index is 2.17. The highest BCUT2D eigenvalue weighted by Gasteiger charge is 2.14. The SMILES string of the molecule is O=[N+]([O-])c1cc(O)ccc1NCc1cc[nH]c1. The lowest BCUT2D eigenvalue weighted by molar-refractivity contribution is -0.384. The second kappa shape index (κ2) is 4.56. The van der Waals surface area contributed by atoms with E-state index >= 15 is 0 Å². The summed E-state index contributed by atoms with van der Waals surface area (Å²) in [7, 11) is 0. The van der Waals surface area contributed by atoms with Crippen LogP contribution in [0, 0.1) is 10.1 Å². The van der Waals surface area contributed by atoms with Gasteiger partial charge in [-0.15, -0.1) is 0 Å². The molecule has 0 fully saturated rings. The van der Waals surface area contributed by atoms with Gasteiger partial charge in [0.25, 0.3) is 5.69 Å². The van der Waals surface area contributed by atoms with Gasteiger partial charge in [0.2, 0.25) is 0 Å². The van der Waals surface area contributed by atoms with Crippen molar-refractivity contribution in [3.8, 4) is 5.75 Å². The van der Waals surface area contributed by atoms with Crippen LogP contribution >= 0.6 is 0 Å². The molecule has 0 aliphatic heterocycles. The molecule has 0 saturated carbocycles. The Hall–Kier alpha value is -2.50. The zero-order valence-electron chi connectivity index (χ0n) is 8.88. The fourth-order valence-corrected chi connectivity index (χ4v) is 1.49. The summed E-state index contributed by atoms with van der Waals surface area (Å²) < 4.78 is 0. The molecule has 0 aliphatic rings. The minimum atomic E-state index is -0.529. The van der Waals surface area contributed by atoms with Crippen molar-refractivity contribution < 1.29 is 10.0 Å². The Kier molecular flexibility index (Phi) is 2.95. The number of aromatic nitrogens is 1. The zero-order valence-corrected chi connectivity index (χ0v) is 8.88. The number of nitro groups is 1. The van der Waals surface area contributed by atoms with Crippen molar-refractivity contribution in [2.24, 2.45) is 0 Å². The van der Waals surface area contributed by atoms with Gasteiger partial charge >= 0.3 is 0 Å². The van der Waals surface area contributed by atoms with Crippen LogP contribution in [0.2, 0.25) is 0 Å². The standard InChI is InChI=1S/C11H11N3O3/c15-9-1-2-10(11(5-9)14(16)17)13-7-8-3-4-12-6-8/h1-6,12-13,15H,7H2. The predicted molar refractivity (Wildman–Crippen MR) is 62.9 cm³/mol. The third-order valence-corrected chi connectivity index (χ3v) is 2.32. The molecule has 0 bridgehead atoms. The van der Waals surface area contributed by atoms with Crippen molar-refractivity contribution in [1.29, 1.82) is 0 Å². The maximum absolute atomic E-state index is 10.8. The molecule has 0 spiro atoms. The molecule has 3 N–H and O–H groups in total. The highest BCUT2D eigenvalue weighted by atomic mass is 16.6. The van der Waals surface area contributed by atoms with E-state index in [1.807, 2.05) is 6.07 Å². The molecule has 1 aromatic heterocycles. The monoisotopic (exact) mass is 233 g/mol. The number of aromatic amines is 1. The number of nitro benzene ring substituents is 1. The number of hydrogen-bond acceptors (Lipinski definition) is 4. The Labute approximate surface area is 97.1 Å². The van der Waals surface area contributed by atoms with Gasteiger partial charge in [-0.05, 0) is 23.8 Å². The van der Waals surface area contributed by atoms with Gasteiger partial charge in [0.1, 0.15) is 11.4 Å². The van der Waals surface area contributed by atoms with Crippen LogP contribution in [-0.4, -0.2) is 15.0 Å². The molecule has 0 aliphatic carbocycles. The molecule has 0 amide bonds. The smallest absolute Gasteiger partial charge is 0.296 e. The number of phenolic OH excluding ortho intramolecular Hbond substituents is 1. The van der Waals surface area contributed by atoms with Gasteiger partial charge in [-0.2, -0.15) is 0 Å². The molecule has 6 nitrogen and oxygen atoms in total. The molecular formula is C11H11N3O3. The topological polar surface area (TPSA) is 91.2 Å². The van der Waals surface area contributed by atoms with Gasteiger partial charge in [0.15, 0.2) is 0 Å². The minimum Gasteiger partial charge on any atom is -0.508 e. The number of anilines is 1. The summed E-state index contributed by atoms with van der Waals surface area (Å²) in [5, 5.41) is 22.9. The summed E-state index contributed by atoms with van der Waals surface area (Å²) in [5.74, 6) is -0.121. The summed E-state index contributed by atoms with van der Waals surface area (Å²) in [5.41, 5.74) is 1.24. The summed E-state index contributed by atoms with van der Waals surface area (Å²) >= 11 is 0. The number of phenols is 1. The molecule has 1 heterocycles. The van der Waals surface area contributed by atoms with E-state index in [0.29, 0.717) is 12.2 Å². The van der Waals surface area contributed by atoms with E-state index in [2.05, 4.69) is 10.3 Å². The zero-order chi connectivity index (χ0) is 12.3. The van der Waals surface area contributed by atoms with E-state index < -0.39 is 4.92 Å². The fourth-order valence-electron chi connectivity index (χ4n) is 1.49. The molecule has 0 radical (unpaired) electrons. The predicted octanol–water partition coefficient (Wildman–Crippen LogP) is 2.24. The fraction of sp³-hybridized carbons (Fsp3) is 0.0909. The Morgan fingerprint density at radius 3 is 2.88 bits per heavy atom. The first kappa shape index (κ1) is 11.0. The van der Waals surface area contributed by atoms with E-state index in [4.69, 9.17) is 0 Å². The Morgan fingerprint density at radius 1 is 1.41 bits per heavy atom. The lowest BCUT2D eigenvalue weighted by Gasteiger charge is -2.06. The average Bonchev–Trinajstić information content (AvgIpc) is 2.80. The van der Waals surface area contributed by atoms with E-state index in [-0.39, 0.29) is 11.4 Å². The van der Waals surface area contributed by atoms with Crippen LogP contribution in [-0.2, 0) is 6.54 Å². The van der Waals surface area contributed by atoms with Crippen molar-refractivity contribution in [2.75, 3.05) is 5.32 Å². The molecule has 0 saturated heterocycles. The summed E-state index contributed by atoms with van der Waals surface area (Å²) in [6, 6.07) is 5.89. The highest BCUT2D eigenvalue weighted by molar-refractivity contribution is 5.63. The third-order valence-electron chi connectivity index (χ3n) is 2.32. The van der Waals surface area contributed by atoms with Gasteiger partial charge in [-0.25, -0.2) is 0 Å². The molecule has 88 valence electrons. The normalized spacial score (nSPS) is 10.1. The molecule has 2 aromatic rings. The van der Waals surface area contributed by atoms with Crippen molar-refractivity contribution in [1.82, 2.24) is 4.98 Å². The first-order chi connectivity index (χ1) is 8.16. The Morgan fingerprint density at radius 2 is 2.24 bits per heavy atom. The van der Waals surface area contributed by atoms with E-state index in [1.165, 1.54) is 12.1 Å². The van der Waals surface area contributed by atoms with Crippen LogP contribution < -0.4 is 5.32 Å². The summed E-state index contributed by atoms with van der Waals surface area (Å²) in [4.78, 5) is 13.2. The van der Waals surface area contributed by atoms with Crippen molar-refractivity contribution in [3.63, 3.8) is 0 Å². The number of nitrogens with zero attached hydrogens (tertiary/aromatic N) is 1. The van der Waals surface area contributed by atoms with E-state index in [1.54, 1.807) is 12.4 Å². The second-order valence-electron chi connectivity index (χ2n) is 3.53. The lowest BCUT2D eigenvalue weighted by Crippen LogP contribution is -2.01. The second-order valence-corrected chi connectivity index (χ2v) is 3.53. The van der Waals surface area contributed by atoms with Crippen LogP contribution in [0.25, 0.3) is 0 Å². The maximum Gasteiger partial charge on any atom is 0.296 e. The van der Waals surface area contributed by atoms with Crippen molar-refractivity contribution >= 4 is 11.4 Å². The number of nitrogens with one attached hydrogen (secondary N) is 2. The number of rotatable bonds is 4. The van der Waals surface area contributed by atoms with Gasteiger partial charge in [0, 0.05) is 18.9 Å². The van der Waals surface area contributed by atoms with Gasteiger partial charge in [-0.1, -0.05) is 0 Å². The van der Waals surface area contributed by atoms with Crippen LogP contribution in [0.4, 0.5) is 11.4 Å². The summed E-state index contributed by atoms with van der Waals surface area (Å²) in [6.07, 6.45) is 3.58. The highest BCUT2D eigenvalue weighted by Crippen LogP contribution is 2.28. The quantitative estimate of drug-likeness (QED) is 0.429. The minimum absolute atomic E-state index is 0.121. The first-order valence-electron chi connectivity index (χ1n) is 5.00. The van der Waals surface area contributed by atoms with Crippen LogP contribution in [0.1, 0.15) is 5.56 Å². The van der Waals surface area contributed by atoms with Gasteiger partial charge in [0.05, 0.1) is 11.0 Å². The number of benzene rings is 1. The van der Waals surface area contributed by atoms with E-state index in [0.717, 1.165) is 11.6 Å². The summed E-state index contributed by atoms with van der Waals surface area (Å²) in [6.45, 7) is 0.481. The van der Waals surface area contributed by atoms with E-state index in [9.17, 15) is 15.2 Å². The maximum atomic E-state index is 10.8. The number of H-pyrrole nitrogens is 1. The van der Waals surface area contributed by atoms with Gasteiger partial charge < -0.3 is 15.4 Å². The lowest BCUT2D eigenvalue weighted by atomic mass is 10.2. The number of aromatic hydroxyl groups is 1. The molecule has 2 rings (SSSR count). The van der Waals surface area contributed by atoms with Crippen LogP contribution in [0.15, 0.2) is 36.7 Å². The molecule has 0 atom stereocenters. The average molecular weight is 233 g/mol. The van der Waals surface area contributed by atoms with Crippen molar-refractivity contribution in [3.05, 3.63) is 52.3 Å². The Bertz CT molecular complexity index is 523. The van der Waals surface area contributed by atoms with Gasteiger partial charge in [-0.3, -0.25) is 10.1 Å². The molecule has 6 heteroatoms. The molecule has 1 aromatic carbocycles. The largest absolute Gasteiger partial charge is 0.508 e. The first-order valence-corrected chi connectivity index (χ1v) is 5.00. The molecular weight excluding hydrogens is 222 g/mol. The van der Waals surface area contributed by atoms with Crippen LogP contribution in [0.3, 0.4) is 0 Å².